The minimum Gasteiger partial charge on any atom is -0.352 e. The summed E-state index contributed by atoms with van der Waals surface area (Å²) in [4.78, 5) is 17.0. The number of nitrogens with one attached hydrogen (secondary N) is 1. The number of hydrogen-bond acceptors (Lipinski definition) is 4. The van der Waals surface area contributed by atoms with Crippen LogP contribution in [-0.4, -0.2) is 27.0 Å². The third-order valence-electron chi connectivity index (χ3n) is 3.01. The predicted molar refractivity (Wildman–Crippen MR) is 78.0 cm³/mol. The molecule has 0 bridgehead atoms. The van der Waals surface area contributed by atoms with Crippen LogP contribution in [0, 0.1) is 12.7 Å². The van der Waals surface area contributed by atoms with Gasteiger partial charge in [-0.15, -0.1) is 11.3 Å². The summed E-state index contributed by atoms with van der Waals surface area (Å²) in [5.74, 6) is 0.0305. The van der Waals surface area contributed by atoms with Gasteiger partial charge in [0, 0.05) is 23.9 Å². The number of rotatable bonds is 4. The molecule has 2 heterocycles. The first-order valence-corrected chi connectivity index (χ1v) is 7.35. The van der Waals surface area contributed by atoms with Gasteiger partial charge in [0.05, 0.1) is 5.69 Å². The Morgan fingerprint density at radius 3 is 3.14 bits per heavy atom. The maximum atomic E-state index is 13.1. The van der Waals surface area contributed by atoms with Gasteiger partial charge in [0.15, 0.2) is 0 Å². The van der Waals surface area contributed by atoms with Gasteiger partial charge in [0.1, 0.15) is 11.6 Å². The number of nitrogens with zero attached hydrogens (tertiary/aromatic N) is 3. The van der Waals surface area contributed by atoms with Gasteiger partial charge in [0.2, 0.25) is 4.96 Å². The molecular weight excluding hydrogens is 291 g/mol. The van der Waals surface area contributed by atoms with E-state index >= 15 is 0 Å². The van der Waals surface area contributed by atoms with Crippen molar-refractivity contribution in [3.8, 4) is 0 Å². The molecule has 0 fully saturated rings. The Balaban J connectivity index is 1.62. The van der Waals surface area contributed by atoms with Crippen molar-refractivity contribution >= 4 is 22.2 Å². The van der Waals surface area contributed by atoms with Gasteiger partial charge >= 0.3 is 0 Å². The molecule has 0 saturated heterocycles. The molecule has 108 valence electrons. The minimum atomic E-state index is -0.416. The standard InChI is InChI=1S/C14H13FN4OS/c1-9-17-14-19(18-9)12(8-21-14)5-6-16-13(20)10-3-2-4-11(15)7-10/h2-4,7-8H,5-6H2,1H3,(H,16,20). The SMILES string of the molecule is Cc1nc2scc(CCNC(=O)c3cccc(F)c3)n2n1. The minimum absolute atomic E-state index is 0.282. The van der Waals surface area contributed by atoms with Crippen LogP contribution in [0.5, 0.6) is 0 Å². The first-order valence-electron chi connectivity index (χ1n) is 6.47. The lowest BCUT2D eigenvalue weighted by atomic mass is 10.2. The maximum absolute atomic E-state index is 13.1. The second-order valence-electron chi connectivity index (χ2n) is 4.60. The van der Waals surface area contributed by atoms with Crippen molar-refractivity contribution in [1.82, 2.24) is 19.9 Å². The number of carbonyl (C=O) groups excluding carboxylic acids is 1. The van der Waals surface area contributed by atoms with Crippen molar-refractivity contribution in [2.24, 2.45) is 0 Å². The molecule has 3 aromatic rings. The summed E-state index contributed by atoms with van der Waals surface area (Å²) in [6, 6.07) is 5.64. The van der Waals surface area contributed by atoms with Gasteiger partial charge < -0.3 is 5.32 Å². The fourth-order valence-corrected chi connectivity index (χ4v) is 2.93. The van der Waals surface area contributed by atoms with E-state index in [1.54, 1.807) is 10.6 Å². The third-order valence-corrected chi connectivity index (χ3v) is 3.87. The van der Waals surface area contributed by atoms with Crippen molar-refractivity contribution < 1.29 is 9.18 Å². The van der Waals surface area contributed by atoms with E-state index in [4.69, 9.17) is 0 Å². The van der Waals surface area contributed by atoms with Crippen LogP contribution in [0.1, 0.15) is 21.9 Å². The average molecular weight is 304 g/mol. The van der Waals surface area contributed by atoms with Gasteiger partial charge in [0.25, 0.3) is 5.91 Å². The number of aryl methyl sites for hydroxylation is 1. The molecule has 0 atom stereocenters. The zero-order valence-electron chi connectivity index (χ0n) is 11.3. The number of halogens is 1. The van der Waals surface area contributed by atoms with E-state index in [0.717, 1.165) is 16.5 Å². The van der Waals surface area contributed by atoms with Crippen LogP contribution < -0.4 is 5.32 Å². The Morgan fingerprint density at radius 2 is 2.33 bits per heavy atom. The molecule has 1 N–H and O–H groups in total. The molecule has 3 rings (SSSR count). The van der Waals surface area contributed by atoms with Crippen LogP contribution in [0.2, 0.25) is 0 Å². The lowest BCUT2D eigenvalue weighted by molar-refractivity contribution is 0.0953. The van der Waals surface area contributed by atoms with Crippen molar-refractivity contribution in [3.05, 3.63) is 52.5 Å². The Morgan fingerprint density at radius 1 is 1.48 bits per heavy atom. The van der Waals surface area contributed by atoms with E-state index in [2.05, 4.69) is 15.4 Å². The predicted octanol–water partition coefficient (Wildman–Crippen LogP) is 2.21. The summed E-state index contributed by atoms with van der Waals surface area (Å²) in [5, 5.41) is 9.04. The van der Waals surface area contributed by atoms with Gasteiger partial charge in [-0.2, -0.15) is 5.10 Å². The van der Waals surface area contributed by atoms with E-state index in [0.29, 0.717) is 18.5 Å². The molecule has 1 amide bonds. The first kappa shape index (κ1) is 13.7. The third kappa shape index (κ3) is 2.92. The molecule has 21 heavy (non-hydrogen) atoms. The summed E-state index contributed by atoms with van der Waals surface area (Å²) >= 11 is 1.52. The summed E-state index contributed by atoms with van der Waals surface area (Å²) in [6.07, 6.45) is 0.643. The summed E-state index contributed by atoms with van der Waals surface area (Å²) in [7, 11) is 0. The number of aromatic nitrogens is 3. The number of thiazole rings is 1. The number of hydrogen-bond donors (Lipinski definition) is 1. The fourth-order valence-electron chi connectivity index (χ4n) is 2.03. The quantitative estimate of drug-likeness (QED) is 0.804. The van der Waals surface area contributed by atoms with Crippen LogP contribution in [-0.2, 0) is 6.42 Å². The molecular formula is C14H13FN4OS. The lowest BCUT2D eigenvalue weighted by Gasteiger charge is -2.04. The molecule has 7 heteroatoms. The van der Waals surface area contributed by atoms with Gasteiger partial charge in [-0.05, 0) is 25.1 Å². The topological polar surface area (TPSA) is 59.3 Å². The van der Waals surface area contributed by atoms with E-state index in [9.17, 15) is 9.18 Å². The number of carbonyl (C=O) groups is 1. The Hall–Kier alpha value is -2.28. The number of benzene rings is 1. The molecule has 0 aliphatic heterocycles. The highest BCUT2D eigenvalue weighted by Gasteiger charge is 2.09. The molecule has 2 aromatic heterocycles. The highest BCUT2D eigenvalue weighted by atomic mass is 32.1. The van der Waals surface area contributed by atoms with Crippen LogP contribution in [0.15, 0.2) is 29.6 Å². The highest BCUT2D eigenvalue weighted by molar-refractivity contribution is 7.15. The number of fused-ring (bicyclic) bond motifs is 1. The zero-order valence-corrected chi connectivity index (χ0v) is 12.2. The van der Waals surface area contributed by atoms with Crippen molar-refractivity contribution in [1.29, 1.82) is 0 Å². The van der Waals surface area contributed by atoms with Crippen molar-refractivity contribution in [3.63, 3.8) is 0 Å². The Kier molecular flexibility index (Phi) is 3.66. The first-order chi connectivity index (χ1) is 10.1. The molecule has 0 spiro atoms. The monoisotopic (exact) mass is 304 g/mol. The second kappa shape index (κ2) is 5.61. The van der Waals surface area contributed by atoms with Crippen molar-refractivity contribution in [2.45, 2.75) is 13.3 Å². The molecule has 5 nitrogen and oxygen atoms in total. The average Bonchev–Trinajstić information content (AvgIpc) is 2.99. The van der Waals surface area contributed by atoms with Gasteiger partial charge in [-0.25, -0.2) is 13.9 Å². The van der Waals surface area contributed by atoms with Crippen LogP contribution in [0.3, 0.4) is 0 Å². The van der Waals surface area contributed by atoms with Crippen LogP contribution in [0.4, 0.5) is 4.39 Å². The molecule has 0 saturated carbocycles. The zero-order chi connectivity index (χ0) is 14.8. The van der Waals surface area contributed by atoms with Crippen LogP contribution >= 0.6 is 11.3 Å². The van der Waals surface area contributed by atoms with E-state index < -0.39 is 5.82 Å². The highest BCUT2D eigenvalue weighted by Crippen LogP contribution is 2.14. The molecule has 0 radical (unpaired) electrons. The van der Waals surface area contributed by atoms with E-state index in [-0.39, 0.29) is 5.91 Å². The summed E-state index contributed by atoms with van der Waals surface area (Å²) < 4.78 is 14.8. The normalized spacial score (nSPS) is 11.0. The number of amides is 1. The molecule has 0 unspecified atom stereocenters. The van der Waals surface area contributed by atoms with Crippen LogP contribution in [0.25, 0.3) is 4.96 Å². The molecule has 0 aliphatic carbocycles. The largest absolute Gasteiger partial charge is 0.352 e. The Bertz CT molecular complexity index is 795. The summed E-state index contributed by atoms with van der Waals surface area (Å²) in [6.45, 7) is 2.30. The van der Waals surface area contributed by atoms with E-state index in [1.807, 2.05) is 12.3 Å². The smallest absolute Gasteiger partial charge is 0.251 e. The summed E-state index contributed by atoms with van der Waals surface area (Å²) in [5.41, 5.74) is 1.32. The Labute approximate surface area is 124 Å². The van der Waals surface area contributed by atoms with Gasteiger partial charge in [-0.1, -0.05) is 6.07 Å². The molecule has 0 aliphatic rings. The maximum Gasteiger partial charge on any atom is 0.251 e. The molecule has 1 aromatic carbocycles. The fraction of sp³-hybridized carbons (Fsp3) is 0.214. The van der Waals surface area contributed by atoms with Gasteiger partial charge in [-0.3, -0.25) is 4.79 Å². The van der Waals surface area contributed by atoms with Crippen molar-refractivity contribution in [2.75, 3.05) is 6.54 Å². The second-order valence-corrected chi connectivity index (χ2v) is 5.43. The van der Waals surface area contributed by atoms with E-state index in [1.165, 1.54) is 29.5 Å². The lowest BCUT2D eigenvalue weighted by Crippen LogP contribution is -2.26.